The van der Waals surface area contributed by atoms with E-state index in [4.69, 9.17) is 9.72 Å². The molecule has 1 amide bonds. The van der Waals surface area contributed by atoms with E-state index < -0.39 is 0 Å². The van der Waals surface area contributed by atoms with Crippen molar-refractivity contribution in [2.45, 2.75) is 38.6 Å². The van der Waals surface area contributed by atoms with Gasteiger partial charge in [0, 0.05) is 44.0 Å². The Hall–Kier alpha value is -3.69. The number of amides is 1. The molecule has 10 nitrogen and oxygen atoms in total. The van der Waals surface area contributed by atoms with Gasteiger partial charge in [0.2, 0.25) is 17.7 Å². The molecule has 0 aromatic carbocycles. The maximum atomic E-state index is 11.6. The molecule has 2 aliphatic rings. The van der Waals surface area contributed by atoms with Crippen molar-refractivity contribution in [3.8, 4) is 17.0 Å². The van der Waals surface area contributed by atoms with Crippen LogP contribution in [-0.4, -0.2) is 66.6 Å². The lowest BCUT2D eigenvalue weighted by Crippen LogP contribution is -2.52. The number of ether oxygens (including phenoxy) is 1. The lowest BCUT2D eigenvalue weighted by molar-refractivity contribution is -0.132. The predicted octanol–water partition coefficient (Wildman–Crippen LogP) is 2.88. The number of aromatic nitrogens is 6. The molecule has 1 saturated carbocycles. The first-order valence-corrected chi connectivity index (χ1v) is 11.3. The van der Waals surface area contributed by atoms with Crippen LogP contribution in [0.1, 0.15) is 32.6 Å². The molecule has 4 aromatic rings. The van der Waals surface area contributed by atoms with Crippen molar-refractivity contribution in [3.63, 3.8) is 0 Å². The van der Waals surface area contributed by atoms with Gasteiger partial charge in [0.1, 0.15) is 12.0 Å². The number of carbonyl (C=O) groups excluding carboxylic acids is 1. The average Bonchev–Trinajstić information content (AvgIpc) is 3.44. The van der Waals surface area contributed by atoms with Crippen LogP contribution in [0.15, 0.2) is 30.9 Å². The fraction of sp³-hybridized carbons (Fsp3) is 0.435. The number of rotatable bonds is 4. The van der Waals surface area contributed by atoms with Gasteiger partial charge in [-0.25, -0.2) is 9.50 Å². The fourth-order valence-corrected chi connectivity index (χ4v) is 5.40. The summed E-state index contributed by atoms with van der Waals surface area (Å²) in [6.07, 6.45) is 9.65. The summed E-state index contributed by atoms with van der Waals surface area (Å²) in [5.74, 6) is 1.28. The number of aromatic amines is 1. The SMILES string of the molecule is COc1nc(NC2CC3(CCN(C(C)=O)CC3)C2)nc2[nH]cc(-c3ccn4ncnc4c3)c12. The molecule has 2 N–H and O–H groups in total. The summed E-state index contributed by atoms with van der Waals surface area (Å²) in [5.41, 5.74) is 3.79. The number of nitrogens with one attached hydrogen (secondary N) is 2. The van der Waals surface area contributed by atoms with Gasteiger partial charge in [-0.2, -0.15) is 15.1 Å². The van der Waals surface area contributed by atoms with E-state index in [1.807, 2.05) is 29.4 Å². The summed E-state index contributed by atoms with van der Waals surface area (Å²) >= 11 is 0. The number of nitrogens with zero attached hydrogens (tertiary/aromatic N) is 6. The lowest BCUT2D eigenvalue weighted by atomic mass is 9.60. The van der Waals surface area contributed by atoms with Crippen molar-refractivity contribution in [3.05, 3.63) is 30.9 Å². The molecule has 1 aliphatic heterocycles. The van der Waals surface area contributed by atoms with Crippen LogP contribution in [-0.2, 0) is 4.79 Å². The molecule has 0 atom stereocenters. The maximum Gasteiger partial charge on any atom is 0.228 e. The van der Waals surface area contributed by atoms with Crippen molar-refractivity contribution in [2.75, 3.05) is 25.5 Å². The highest BCUT2D eigenvalue weighted by Crippen LogP contribution is 2.50. The molecule has 0 unspecified atom stereocenters. The minimum atomic E-state index is 0.180. The van der Waals surface area contributed by atoms with Crippen LogP contribution in [0.2, 0.25) is 0 Å². The minimum Gasteiger partial charge on any atom is -0.480 e. The lowest BCUT2D eigenvalue weighted by Gasteiger charge is -2.52. The smallest absolute Gasteiger partial charge is 0.228 e. The Morgan fingerprint density at radius 3 is 2.85 bits per heavy atom. The predicted molar refractivity (Wildman–Crippen MR) is 123 cm³/mol. The van der Waals surface area contributed by atoms with E-state index in [-0.39, 0.29) is 5.91 Å². The van der Waals surface area contributed by atoms with E-state index in [9.17, 15) is 4.79 Å². The number of H-pyrrole nitrogens is 1. The second kappa shape index (κ2) is 7.43. The molecule has 4 aromatic heterocycles. The Balaban J connectivity index is 1.22. The molecule has 0 radical (unpaired) electrons. The topological polar surface area (TPSA) is 113 Å². The molecular weight excluding hydrogens is 420 g/mol. The normalized spacial score (nSPS) is 18.1. The van der Waals surface area contributed by atoms with Crippen LogP contribution in [0.3, 0.4) is 0 Å². The van der Waals surface area contributed by atoms with Crippen LogP contribution in [0.25, 0.3) is 27.8 Å². The summed E-state index contributed by atoms with van der Waals surface area (Å²) in [4.78, 5) is 30.5. The number of hydrogen-bond donors (Lipinski definition) is 2. The Morgan fingerprint density at radius 2 is 2.09 bits per heavy atom. The zero-order valence-electron chi connectivity index (χ0n) is 18.7. The van der Waals surface area contributed by atoms with E-state index in [2.05, 4.69) is 25.4 Å². The molecule has 0 bridgehead atoms. The Morgan fingerprint density at radius 1 is 1.27 bits per heavy atom. The first kappa shape index (κ1) is 20.0. The number of anilines is 1. The van der Waals surface area contributed by atoms with Crippen LogP contribution < -0.4 is 10.1 Å². The second-order valence-electron chi connectivity index (χ2n) is 9.22. The third-order valence-corrected chi connectivity index (χ3v) is 7.24. The number of likely N-dealkylation sites (tertiary alicyclic amines) is 1. The van der Waals surface area contributed by atoms with Crippen molar-refractivity contribution < 1.29 is 9.53 Å². The van der Waals surface area contributed by atoms with Gasteiger partial charge < -0.3 is 19.9 Å². The second-order valence-corrected chi connectivity index (χ2v) is 9.22. The number of hydrogen-bond acceptors (Lipinski definition) is 7. The number of methoxy groups -OCH3 is 1. The van der Waals surface area contributed by atoms with E-state index in [0.717, 1.165) is 66.6 Å². The molecule has 33 heavy (non-hydrogen) atoms. The van der Waals surface area contributed by atoms with E-state index in [1.165, 1.54) is 6.33 Å². The van der Waals surface area contributed by atoms with Gasteiger partial charge in [0.25, 0.3) is 0 Å². The van der Waals surface area contributed by atoms with Crippen LogP contribution in [0.4, 0.5) is 5.95 Å². The highest BCUT2D eigenvalue weighted by molar-refractivity contribution is 5.98. The van der Waals surface area contributed by atoms with E-state index in [0.29, 0.717) is 23.3 Å². The highest BCUT2D eigenvalue weighted by atomic mass is 16.5. The molecule has 1 spiro atoms. The van der Waals surface area contributed by atoms with Gasteiger partial charge in [-0.05, 0) is 48.8 Å². The summed E-state index contributed by atoms with van der Waals surface area (Å²) in [6, 6.07) is 4.30. The van der Waals surface area contributed by atoms with E-state index >= 15 is 0 Å². The van der Waals surface area contributed by atoms with Gasteiger partial charge >= 0.3 is 0 Å². The molecule has 6 rings (SSSR count). The molecule has 10 heteroatoms. The Labute approximate surface area is 190 Å². The number of pyridine rings is 1. The van der Waals surface area contributed by atoms with Crippen molar-refractivity contribution in [1.82, 2.24) is 34.4 Å². The monoisotopic (exact) mass is 446 g/mol. The average molecular weight is 447 g/mol. The third-order valence-electron chi connectivity index (χ3n) is 7.24. The highest BCUT2D eigenvalue weighted by Gasteiger charge is 2.46. The molecular formula is C23H26N8O2. The Kier molecular flexibility index (Phi) is 4.49. The quantitative estimate of drug-likeness (QED) is 0.495. The molecule has 2 fully saturated rings. The molecule has 5 heterocycles. The van der Waals surface area contributed by atoms with Gasteiger partial charge in [-0.1, -0.05) is 0 Å². The standard InChI is InChI=1S/C23H26N8O2/c1-14(32)30-7-4-23(5-8-30)10-16(11-23)27-22-28-20-19(21(29-22)33-2)17(12-24-20)15-3-6-31-18(9-15)25-13-26-31/h3,6,9,12-13,16H,4-5,7-8,10-11H2,1-2H3,(H2,24,27,28,29). The zero-order chi connectivity index (χ0) is 22.6. The third kappa shape index (κ3) is 3.37. The largest absolute Gasteiger partial charge is 0.480 e. The molecule has 170 valence electrons. The number of fused-ring (bicyclic) bond motifs is 2. The van der Waals surface area contributed by atoms with Gasteiger partial charge in [0.15, 0.2) is 5.65 Å². The maximum absolute atomic E-state index is 11.6. The van der Waals surface area contributed by atoms with Gasteiger partial charge in [0.05, 0.1) is 12.5 Å². The van der Waals surface area contributed by atoms with Gasteiger partial charge in [-0.15, -0.1) is 0 Å². The first-order chi connectivity index (χ1) is 16.0. The summed E-state index contributed by atoms with van der Waals surface area (Å²) in [7, 11) is 1.63. The van der Waals surface area contributed by atoms with Crippen LogP contribution in [0, 0.1) is 5.41 Å². The summed E-state index contributed by atoms with van der Waals surface area (Å²) in [6.45, 7) is 3.39. The van der Waals surface area contributed by atoms with Crippen LogP contribution in [0.5, 0.6) is 5.88 Å². The van der Waals surface area contributed by atoms with Gasteiger partial charge in [-0.3, -0.25) is 4.79 Å². The molecule has 1 aliphatic carbocycles. The number of piperidine rings is 1. The Bertz CT molecular complexity index is 1340. The zero-order valence-corrected chi connectivity index (χ0v) is 18.7. The van der Waals surface area contributed by atoms with Crippen molar-refractivity contribution >= 4 is 28.5 Å². The molecule has 1 saturated heterocycles. The van der Waals surface area contributed by atoms with Crippen LogP contribution >= 0.6 is 0 Å². The minimum absolute atomic E-state index is 0.180. The summed E-state index contributed by atoms with van der Waals surface area (Å²) in [5, 5.41) is 8.49. The van der Waals surface area contributed by atoms with E-state index in [1.54, 1.807) is 18.5 Å². The summed E-state index contributed by atoms with van der Waals surface area (Å²) < 4.78 is 7.38. The first-order valence-electron chi connectivity index (χ1n) is 11.3. The number of carbonyl (C=O) groups is 1. The fourth-order valence-electron chi connectivity index (χ4n) is 5.40. The van der Waals surface area contributed by atoms with Crippen molar-refractivity contribution in [1.29, 1.82) is 0 Å². The van der Waals surface area contributed by atoms with Crippen molar-refractivity contribution in [2.24, 2.45) is 5.41 Å².